The number of para-hydroxylation sites is 1. The number of hydrogen-bond acceptors (Lipinski definition) is 5. The highest BCUT2D eigenvalue weighted by molar-refractivity contribution is 5.81. The van der Waals surface area contributed by atoms with Gasteiger partial charge in [-0.25, -0.2) is 0 Å². The van der Waals surface area contributed by atoms with Crippen molar-refractivity contribution in [2.45, 2.75) is 13.5 Å². The van der Waals surface area contributed by atoms with Gasteiger partial charge in [0, 0.05) is 50.5 Å². The fourth-order valence-electron chi connectivity index (χ4n) is 3.69. The normalized spacial score (nSPS) is 14.5. The molecule has 0 saturated carbocycles. The highest BCUT2D eigenvalue weighted by Gasteiger charge is 2.23. The second kappa shape index (κ2) is 10.2. The molecule has 0 atom stereocenters. The molecule has 6 heteroatoms. The first-order valence-corrected chi connectivity index (χ1v) is 10.2. The van der Waals surface area contributed by atoms with E-state index in [1.807, 2.05) is 41.3 Å². The van der Waals surface area contributed by atoms with Crippen LogP contribution < -0.4 is 14.4 Å². The Bertz CT molecular complexity index is 789. The van der Waals surface area contributed by atoms with E-state index in [0.29, 0.717) is 6.54 Å². The molecule has 1 aliphatic heterocycles. The van der Waals surface area contributed by atoms with E-state index in [-0.39, 0.29) is 5.91 Å². The van der Waals surface area contributed by atoms with E-state index >= 15 is 0 Å². The molecule has 0 aromatic heterocycles. The fourth-order valence-corrected chi connectivity index (χ4v) is 3.69. The lowest BCUT2D eigenvalue weighted by atomic mass is 10.1. The van der Waals surface area contributed by atoms with Crippen molar-refractivity contribution in [3.05, 3.63) is 54.1 Å². The van der Waals surface area contributed by atoms with E-state index in [4.69, 9.17) is 9.47 Å². The molecule has 156 valence electrons. The maximum absolute atomic E-state index is 12.8. The van der Waals surface area contributed by atoms with Crippen LogP contribution >= 0.6 is 0 Å². The summed E-state index contributed by atoms with van der Waals surface area (Å²) in [5.74, 6) is 1.88. The van der Waals surface area contributed by atoms with Gasteiger partial charge in [0.1, 0.15) is 11.5 Å². The summed E-state index contributed by atoms with van der Waals surface area (Å²) in [6.07, 6.45) is 0. The molecule has 1 saturated heterocycles. The Morgan fingerprint density at radius 2 is 1.72 bits per heavy atom. The van der Waals surface area contributed by atoms with Crippen molar-refractivity contribution in [3.8, 4) is 11.5 Å². The Morgan fingerprint density at radius 3 is 2.34 bits per heavy atom. The highest BCUT2D eigenvalue weighted by atomic mass is 16.5. The number of methoxy groups -OCH3 is 2. The average Bonchev–Trinajstić information content (AvgIpc) is 2.78. The van der Waals surface area contributed by atoms with Crippen LogP contribution in [-0.2, 0) is 11.3 Å². The van der Waals surface area contributed by atoms with Crippen LogP contribution in [0, 0.1) is 0 Å². The quantitative estimate of drug-likeness (QED) is 0.685. The van der Waals surface area contributed by atoms with Gasteiger partial charge in [-0.2, -0.15) is 0 Å². The SMILES string of the molecule is CCN(CC(=O)N1CCN(Cc2cc(OC)ccc2OC)CC1)c1ccccc1. The zero-order valence-electron chi connectivity index (χ0n) is 17.6. The largest absolute Gasteiger partial charge is 0.497 e. The third kappa shape index (κ3) is 5.41. The van der Waals surface area contributed by atoms with Crippen molar-refractivity contribution in [2.24, 2.45) is 0 Å². The lowest BCUT2D eigenvalue weighted by Crippen LogP contribution is -2.51. The van der Waals surface area contributed by atoms with Crippen molar-refractivity contribution in [1.82, 2.24) is 9.80 Å². The van der Waals surface area contributed by atoms with Crippen LogP contribution in [0.3, 0.4) is 0 Å². The molecule has 1 aliphatic rings. The maximum atomic E-state index is 12.8. The molecule has 0 radical (unpaired) electrons. The summed E-state index contributed by atoms with van der Waals surface area (Å²) in [7, 11) is 3.36. The van der Waals surface area contributed by atoms with Crippen LogP contribution in [0.25, 0.3) is 0 Å². The topological polar surface area (TPSA) is 45.3 Å². The predicted octanol–water partition coefficient (Wildman–Crippen LogP) is 2.87. The van der Waals surface area contributed by atoms with Crippen LogP contribution in [0.2, 0.25) is 0 Å². The number of piperazine rings is 1. The molecule has 1 heterocycles. The van der Waals surface area contributed by atoms with E-state index in [9.17, 15) is 4.79 Å². The molecule has 0 bridgehead atoms. The molecule has 0 spiro atoms. The van der Waals surface area contributed by atoms with Gasteiger partial charge in [-0.15, -0.1) is 0 Å². The smallest absolute Gasteiger partial charge is 0.242 e. The molecule has 29 heavy (non-hydrogen) atoms. The summed E-state index contributed by atoms with van der Waals surface area (Å²) < 4.78 is 10.8. The van der Waals surface area contributed by atoms with Gasteiger partial charge >= 0.3 is 0 Å². The first kappa shape index (κ1) is 21.0. The number of carbonyl (C=O) groups excluding carboxylic acids is 1. The molecule has 2 aromatic rings. The van der Waals surface area contributed by atoms with E-state index in [2.05, 4.69) is 28.9 Å². The molecule has 2 aromatic carbocycles. The molecule has 6 nitrogen and oxygen atoms in total. The Kier molecular flexibility index (Phi) is 7.36. The lowest BCUT2D eigenvalue weighted by Gasteiger charge is -2.36. The second-order valence-electron chi connectivity index (χ2n) is 7.18. The van der Waals surface area contributed by atoms with Gasteiger partial charge < -0.3 is 19.3 Å². The number of amides is 1. The molecule has 3 rings (SSSR count). The highest BCUT2D eigenvalue weighted by Crippen LogP contribution is 2.25. The molecule has 0 N–H and O–H groups in total. The molecule has 0 aliphatic carbocycles. The maximum Gasteiger partial charge on any atom is 0.242 e. The Hall–Kier alpha value is -2.73. The van der Waals surface area contributed by atoms with Gasteiger partial charge in [0.25, 0.3) is 0 Å². The van der Waals surface area contributed by atoms with E-state index < -0.39 is 0 Å². The third-order valence-corrected chi connectivity index (χ3v) is 5.44. The monoisotopic (exact) mass is 397 g/mol. The zero-order chi connectivity index (χ0) is 20.6. The van der Waals surface area contributed by atoms with Crippen molar-refractivity contribution >= 4 is 11.6 Å². The molecule has 1 fully saturated rings. The number of carbonyl (C=O) groups is 1. The lowest BCUT2D eigenvalue weighted by molar-refractivity contribution is -0.131. The van der Waals surface area contributed by atoms with Crippen molar-refractivity contribution in [2.75, 3.05) is 58.4 Å². The van der Waals surface area contributed by atoms with Crippen molar-refractivity contribution < 1.29 is 14.3 Å². The van der Waals surface area contributed by atoms with Gasteiger partial charge in [-0.05, 0) is 37.3 Å². The summed E-state index contributed by atoms with van der Waals surface area (Å²) in [6.45, 7) is 7.30. The van der Waals surface area contributed by atoms with E-state index in [1.54, 1.807) is 14.2 Å². The zero-order valence-corrected chi connectivity index (χ0v) is 17.6. The number of hydrogen-bond donors (Lipinski definition) is 0. The summed E-state index contributed by atoms with van der Waals surface area (Å²) in [5, 5.41) is 0. The van der Waals surface area contributed by atoms with Crippen LogP contribution in [0.4, 0.5) is 5.69 Å². The van der Waals surface area contributed by atoms with E-state index in [0.717, 1.165) is 62.0 Å². The van der Waals surface area contributed by atoms with Gasteiger partial charge in [-0.1, -0.05) is 18.2 Å². The number of anilines is 1. The fraction of sp³-hybridized carbons (Fsp3) is 0.435. The Balaban J connectivity index is 1.54. The molecule has 0 unspecified atom stereocenters. The van der Waals surface area contributed by atoms with Gasteiger partial charge in [-0.3, -0.25) is 9.69 Å². The number of benzene rings is 2. The summed E-state index contributed by atoms with van der Waals surface area (Å²) in [6, 6.07) is 16.0. The summed E-state index contributed by atoms with van der Waals surface area (Å²) in [4.78, 5) is 19.3. The van der Waals surface area contributed by atoms with Crippen LogP contribution in [0.1, 0.15) is 12.5 Å². The van der Waals surface area contributed by atoms with Gasteiger partial charge in [0.05, 0.1) is 20.8 Å². The molecular weight excluding hydrogens is 366 g/mol. The number of likely N-dealkylation sites (N-methyl/N-ethyl adjacent to an activating group) is 1. The minimum atomic E-state index is 0.189. The average molecular weight is 398 g/mol. The van der Waals surface area contributed by atoms with Gasteiger partial charge in [0.2, 0.25) is 5.91 Å². The first-order valence-electron chi connectivity index (χ1n) is 10.2. The predicted molar refractivity (Wildman–Crippen MR) is 116 cm³/mol. The van der Waals surface area contributed by atoms with Gasteiger partial charge in [0.15, 0.2) is 0 Å². The third-order valence-electron chi connectivity index (χ3n) is 5.44. The number of ether oxygens (including phenoxy) is 2. The Morgan fingerprint density at radius 1 is 1.00 bits per heavy atom. The molecule has 1 amide bonds. The van der Waals surface area contributed by atoms with Crippen LogP contribution in [0.5, 0.6) is 11.5 Å². The van der Waals surface area contributed by atoms with Crippen LogP contribution in [0.15, 0.2) is 48.5 Å². The van der Waals surface area contributed by atoms with E-state index in [1.165, 1.54) is 0 Å². The number of nitrogens with zero attached hydrogens (tertiary/aromatic N) is 3. The standard InChI is InChI=1S/C23H31N3O3/c1-4-25(20-8-6-5-7-9-20)18-23(27)26-14-12-24(13-15-26)17-19-16-21(28-2)10-11-22(19)29-3/h5-11,16H,4,12-15,17-18H2,1-3H3. The number of rotatable bonds is 8. The molecular formula is C23H31N3O3. The minimum absolute atomic E-state index is 0.189. The Labute approximate surface area is 173 Å². The van der Waals surface area contributed by atoms with Crippen molar-refractivity contribution in [3.63, 3.8) is 0 Å². The van der Waals surface area contributed by atoms with Crippen molar-refractivity contribution in [1.29, 1.82) is 0 Å². The van der Waals surface area contributed by atoms with Crippen LogP contribution in [-0.4, -0.2) is 69.2 Å². The summed E-state index contributed by atoms with van der Waals surface area (Å²) in [5.41, 5.74) is 2.19. The second-order valence-corrected chi connectivity index (χ2v) is 7.18. The summed E-state index contributed by atoms with van der Waals surface area (Å²) >= 11 is 0. The minimum Gasteiger partial charge on any atom is -0.497 e. The first-order chi connectivity index (χ1) is 14.1.